The molecule has 17 rings (SSSR count). The van der Waals surface area contributed by atoms with Gasteiger partial charge in [0, 0.05) is 33.2 Å². The Labute approximate surface area is 436 Å². The summed E-state index contributed by atoms with van der Waals surface area (Å²) in [5.74, 6) is 0. The minimum atomic E-state index is -1.08. The molecule has 0 fully saturated rings. The summed E-state index contributed by atoms with van der Waals surface area (Å²) in [7, 11) is 0. The maximum absolute atomic E-state index is 10.9. The Morgan fingerprint density at radius 1 is 0.311 bits per heavy atom. The minimum absolute atomic E-state index is 0.0109. The Kier molecular flexibility index (Phi) is 7.00. The van der Waals surface area contributed by atoms with Crippen molar-refractivity contribution in [3.63, 3.8) is 0 Å². The number of hydrogen-bond donors (Lipinski definition) is 0. The molecule has 13 aromatic rings. The number of anilines is 3. The first-order chi connectivity index (χ1) is 38.8. The lowest BCUT2D eigenvalue weighted by atomic mass is 9.61. The normalized spacial score (nSPS) is 15.1. The van der Waals surface area contributed by atoms with E-state index in [0.29, 0.717) is 27.6 Å². The molecule has 0 unspecified atom stereocenters. The van der Waals surface area contributed by atoms with Crippen LogP contribution in [0.1, 0.15) is 51.4 Å². The third-order valence-corrected chi connectivity index (χ3v) is 17.0. The van der Waals surface area contributed by atoms with E-state index in [-0.39, 0.29) is 30.2 Å². The molecule has 0 bridgehead atoms. The number of fused-ring (bicyclic) bond motifs is 22. The van der Waals surface area contributed by atoms with Crippen LogP contribution in [0.4, 0.5) is 17.1 Å². The fourth-order valence-corrected chi connectivity index (χ4v) is 14.3. The van der Waals surface area contributed by atoms with Gasteiger partial charge in [0.05, 0.1) is 34.4 Å². The molecule has 4 aliphatic carbocycles. The van der Waals surface area contributed by atoms with Crippen molar-refractivity contribution in [2.75, 3.05) is 4.90 Å². The van der Waals surface area contributed by atoms with E-state index in [9.17, 15) is 6.85 Å². The van der Waals surface area contributed by atoms with E-state index in [1.165, 1.54) is 27.8 Å². The number of benzene rings is 12. The van der Waals surface area contributed by atoms with Crippen LogP contribution in [0.3, 0.4) is 0 Å². The number of aromatic nitrogens is 1. The Morgan fingerprint density at radius 2 is 0.757 bits per heavy atom. The minimum Gasteiger partial charge on any atom is -0.310 e. The quantitative estimate of drug-likeness (QED) is 0.171. The van der Waals surface area contributed by atoms with Crippen LogP contribution in [0, 0.1) is 0 Å². The highest BCUT2D eigenvalue weighted by atomic mass is 15.1. The van der Waals surface area contributed by atoms with Gasteiger partial charge in [0.25, 0.3) is 0 Å². The summed E-state index contributed by atoms with van der Waals surface area (Å²) in [6.07, 6.45) is 0. The second-order valence-electron chi connectivity index (χ2n) is 20.2. The number of hydrogen-bond acceptors (Lipinski definition) is 1. The molecule has 342 valence electrons. The summed E-state index contributed by atoms with van der Waals surface area (Å²) >= 11 is 0. The van der Waals surface area contributed by atoms with E-state index < -0.39 is 10.8 Å². The van der Waals surface area contributed by atoms with E-state index in [1.807, 2.05) is 36.4 Å². The maximum Gasteiger partial charge on any atom is 0.0726 e. The Bertz CT molecular complexity index is 4770. The lowest BCUT2D eigenvalue weighted by Crippen LogP contribution is -2.32. The molecule has 1 aromatic heterocycles. The second-order valence-corrected chi connectivity index (χ2v) is 20.2. The predicted octanol–water partition coefficient (Wildman–Crippen LogP) is 18.1. The largest absolute Gasteiger partial charge is 0.310 e. The molecule has 0 atom stereocenters. The Hall–Kier alpha value is -9.50. The SMILES string of the molecule is [2H]c1c([2H])c2c3c(c([2H])c([2H])c(N(c4ccc5c(c4)C4(c6ccccc6-c6ccccc64)c4ccccc4-5)c4ccc5c(c4)c4ccccc4n5-c4ccccc4)c3c1[2H])C1(c3ccccc3-c3ccccc31)c1ccccc1-2. The first kappa shape index (κ1) is 35.6. The van der Waals surface area contributed by atoms with Gasteiger partial charge in [0.1, 0.15) is 0 Å². The maximum atomic E-state index is 10.9. The molecule has 0 N–H and O–H groups in total. The Balaban J connectivity index is 1.03. The third kappa shape index (κ3) is 4.86. The molecule has 0 saturated heterocycles. The van der Waals surface area contributed by atoms with Crippen molar-refractivity contribution in [2.45, 2.75) is 10.8 Å². The van der Waals surface area contributed by atoms with Crippen molar-refractivity contribution in [2.24, 2.45) is 0 Å². The molecule has 74 heavy (non-hydrogen) atoms. The van der Waals surface area contributed by atoms with Gasteiger partial charge < -0.3 is 9.47 Å². The molecule has 2 spiro atoms. The highest BCUT2D eigenvalue weighted by Gasteiger charge is 2.53. The van der Waals surface area contributed by atoms with Crippen molar-refractivity contribution in [3.8, 4) is 50.2 Å². The highest BCUT2D eigenvalue weighted by molar-refractivity contribution is 6.14. The zero-order valence-corrected chi connectivity index (χ0v) is 39.9. The van der Waals surface area contributed by atoms with Crippen LogP contribution >= 0.6 is 0 Å². The lowest BCUT2D eigenvalue weighted by Gasteiger charge is -2.41. The first-order valence-corrected chi connectivity index (χ1v) is 25.5. The van der Waals surface area contributed by atoms with Gasteiger partial charge in [0.15, 0.2) is 0 Å². The van der Waals surface area contributed by atoms with Gasteiger partial charge in [-0.3, -0.25) is 0 Å². The first-order valence-electron chi connectivity index (χ1n) is 28.0. The van der Waals surface area contributed by atoms with Crippen LogP contribution in [-0.4, -0.2) is 4.57 Å². The molecular weight excluding hydrogens is 893 g/mol. The van der Waals surface area contributed by atoms with E-state index >= 15 is 0 Å². The predicted molar refractivity (Wildman–Crippen MR) is 306 cm³/mol. The zero-order chi connectivity index (χ0) is 52.6. The van der Waals surface area contributed by atoms with Gasteiger partial charge >= 0.3 is 0 Å². The van der Waals surface area contributed by atoms with E-state index in [1.54, 1.807) is 0 Å². The number of para-hydroxylation sites is 2. The molecule has 12 aromatic carbocycles. The van der Waals surface area contributed by atoms with E-state index in [4.69, 9.17) is 0 Å². The van der Waals surface area contributed by atoms with Gasteiger partial charge in [0.2, 0.25) is 0 Å². The summed E-state index contributed by atoms with van der Waals surface area (Å²) < 4.78 is 54.1. The summed E-state index contributed by atoms with van der Waals surface area (Å²) in [6, 6.07) is 82.7. The molecule has 1 heterocycles. The average Bonchev–Trinajstić information content (AvgIpc) is 4.35. The van der Waals surface area contributed by atoms with Crippen LogP contribution in [-0.2, 0) is 10.8 Å². The average molecular weight is 942 g/mol. The van der Waals surface area contributed by atoms with Gasteiger partial charge in [-0.25, -0.2) is 0 Å². The summed E-state index contributed by atoms with van der Waals surface area (Å²) in [5.41, 5.74) is 19.3. The Morgan fingerprint density at radius 3 is 1.34 bits per heavy atom. The van der Waals surface area contributed by atoms with Crippen LogP contribution in [0.25, 0.3) is 82.8 Å². The summed E-state index contributed by atoms with van der Waals surface area (Å²) in [6.45, 7) is 0. The standard InChI is InChI=1S/C72H44N2/c1-2-19-45(20-3-1)74-67-36-17-10-27-55(67)58-43-46(38-41-69(58)74)73(47-37-39-54-52-25-8-15-34-63(52)72(66(54)44-47)61-32-13-6-23-50(61)51-24-7-14-33-62(51)72)68-42-40-65-70-56(28-18-29-57(68)70)53-26-9-16-35-64(53)71(65)59-30-11-4-21-48(59)49-22-5-12-31-60(49)71/h1-44H/i18D,28D,29D,40D,42D. The third-order valence-electron chi connectivity index (χ3n) is 17.0. The van der Waals surface area contributed by atoms with Crippen LogP contribution in [0.2, 0.25) is 0 Å². The second kappa shape index (κ2) is 14.6. The molecule has 0 saturated carbocycles. The topological polar surface area (TPSA) is 8.17 Å². The molecular formula is C72H44N2. The molecule has 0 radical (unpaired) electrons. The molecule has 0 amide bonds. The van der Waals surface area contributed by atoms with Crippen molar-refractivity contribution in [3.05, 3.63) is 311 Å². The summed E-state index contributed by atoms with van der Waals surface area (Å²) in [5, 5.41) is 2.98. The van der Waals surface area contributed by atoms with Gasteiger partial charge in [-0.1, -0.05) is 212 Å². The monoisotopic (exact) mass is 941 g/mol. The number of nitrogens with zero attached hydrogens (tertiary/aromatic N) is 2. The van der Waals surface area contributed by atoms with Gasteiger partial charge in [-0.2, -0.15) is 0 Å². The van der Waals surface area contributed by atoms with E-state index in [0.717, 1.165) is 88.9 Å². The van der Waals surface area contributed by atoms with Crippen LogP contribution in [0.5, 0.6) is 0 Å². The zero-order valence-electron chi connectivity index (χ0n) is 44.9. The fraction of sp³-hybridized carbons (Fsp3) is 0.0278. The van der Waals surface area contributed by atoms with E-state index in [2.05, 4.69) is 210 Å². The molecule has 2 heteroatoms. The summed E-state index contributed by atoms with van der Waals surface area (Å²) in [4.78, 5) is 2.10. The van der Waals surface area contributed by atoms with Gasteiger partial charge in [-0.05, 0) is 149 Å². The van der Waals surface area contributed by atoms with Crippen molar-refractivity contribution < 1.29 is 6.85 Å². The molecule has 2 nitrogen and oxygen atoms in total. The fourth-order valence-electron chi connectivity index (χ4n) is 14.3. The van der Waals surface area contributed by atoms with Gasteiger partial charge in [-0.15, -0.1) is 0 Å². The highest BCUT2D eigenvalue weighted by Crippen LogP contribution is 2.65. The van der Waals surface area contributed by atoms with Crippen LogP contribution in [0.15, 0.2) is 267 Å². The number of rotatable bonds is 4. The lowest BCUT2D eigenvalue weighted by molar-refractivity contribution is 0.773. The van der Waals surface area contributed by atoms with Crippen molar-refractivity contribution >= 4 is 49.6 Å². The van der Waals surface area contributed by atoms with Crippen LogP contribution < -0.4 is 4.90 Å². The molecule has 0 aliphatic heterocycles. The smallest absolute Gasteiger partial charge is 0.0726 e. The molecule has 4 aliphatic rings. The van der Waals surface area contributed by atoms with Crippen molar-refractivity contribution in [1.82, 2.24) is 4.57 Å². The van der Waals surface area contributed by atoms with Crippen molar-refractivity contribution in [1.29, 1.82) is 0 Å².